The molecule has 0 saturated carbocycles. The van der Waals surface area contributed by atoms with E-state index in [1.165, 1.54) is 23.5 Å². The minimum Gasteiger partial charge on any atom is -0.379 e. The Morgan fingerprint density at radius 1 is 1.05 bits per heavy atom. The molecule has 1 spiro atoms. The molecule has 0 atom stereocenters. The van der Waals surface area contributed by atoms with Crippen molar-refractivity contribution in [1.29, 1.82) is 0 Å². The van der Waals surface area contributed by atoms with E-state index in [0.717, 1.165) is 29.9 Å². The van der Waals surface area contributed by atoms with Crippen molar-refractivity contribution >= 4 is 22.9 Å². The van der Waals surface area contributed by atoms with Gasteiger partial charge in [-0.05, 0) is 37.5 Å². The lowest BCUT2D eigenvalue weighted by atomic mass is 9.84. The molecule has 3 aliphatic heterocycles. The number of ether oxygens (including phenoxy) is 2. The molecule has 2 aromatic heterocycles. The molecule has 1 aromatic carbocycles. The topological polar surface area (TPSA) is 42.8 Å². The van der Waals surface area contributed by atoms with Gasteiger partial charge >= 0.3 is 0 Å². The van der Waals surface area contributed by atoms with Gasteiger partial charge in [-0.3, -0.25) is 9.80 Å². The Morgan fingerprint density at radius 2 is 1.76 bits per heavy atom. The number of thiophene rings is 1. The largest absolute Gasteiger partial charge is 0.379 e. The number of piperidine rings is 1. The second kappa shape index (κ2) is 10.2. The third kappa shape index (κ3) is 4.91. The predicted molar refractivity (Wildman–Crippen MR) is 140 cm³/mol. The van der Waals surface area contributed by atoms with Gasteiger partial charge < -0.3 is 9.47 Å². The Bertz CT molecular complexity index is 1320. The molecular formula is C27H30ClF3N4O2S. The molecule has 38 heavy (non-hydrogen) atoms. The SMILES string of the molecule is Cc1nn(-c2c(F)cccc2CN2CCOCC2)cc1CN1CCC2(CC1)OCC(F)(F)c1cc(Cl)sc12. The van der Waals surface area contributed by atoms with E-state index in [1.54, 1.807) is 10.7 Å². The van der Waals surface area contributed by atoms with Gasteiger partial charge in [-0.2, -0.15) is 13.9 Å². The quantitative estimate of drug-likeness (QED) is 0.409. The predicted octanol–water partition coefficient (Wildman–Crippen LogP) is 5.48. The zero-order valence-corrected chi connectivity index (χ0v) is 22.8. The third-order valence-electron chi connectivity index (χ3n) is 7.89. The zero-order chi connectivity index (χ0) is 26.5. The van der Waals surface area contributed by atoms with Gasteiger partial charge in [0.2, 0.25) is 0 Å². The molecule has 2 saturated heterocycles. The van der Waals surface area contributed by atoms with Crippen LogP contribution in [0.2, 0.25) is 4.34 Å². The lowest BCUT2D eigenvalue weighted by Crippen LogP contribution is -2.48. The first-order valence-electron chi connectivity index (χ1n) is 12.9. The number of hydrogen-bond acceptors (Lipinski definition) is 6. The fourth-order valence-electron chi connectivity index (χ4n) is 5.74. The Kier molecular flexibility index (Phi) is 7.07. The molecule has 6 nitrogen and oxygen atoms in total. The van der Waals surface area contributed by atoms with Crippen LogP contribution in [0.5, 0.6) is 0 Å². The summed E-state index contributed by atoms with van der Waals surface area (Å²) < 4.78 is 57.3. The Labute approximate surface area is 228 Å². The first-order chi connectivity index (χ1) is 18.2. The molecule has 3 aliphatic rings. The van der Waals surface area contributed by atoms with Crippen molar-refractivity contribution in [1.82, 2.24) is 19.6 Å². The minimum absolute atomic E-state index is 0.0158. The first-order valence-corrected chi connectivity index (χ1v) is 14.1. The van der Waals surface area contributed by atoms with Crippen molar-refractivity contribution in [2.75, 3.05) is 46.0 Å². The van der Waals surface area contributed by atoms with Crippen LogP contribution in [0.1, 0.15) is 40.1 Å². The average Bonchev–Trinajstić information content (AvgIpc) is 3.47. The van der Waals surface area contributed by atoms with Gasteiger partial charge in [-0.1, -0.05) is 23.7 Å². The number of likely N-dealkylation sites (tertiary alicyclic amines) is 1. The molecule has 11 heteroatoms. The Morgan fingerprint density at radius 3 is 2.53 bits per heavy atom. The monoisotopic (exact) mass is 566 g/mol. The highest BCUT2D eigenvalue weighted by Gasteiger charge is 2.51. The van der Waals surface area contributed by atoms with Crippen LogP contribution in [-0.4, -0.2) is 65.6 Å². The molecule has 0 unspecified atom stereocenters. The van der Waals surface area contributed by atoms with Crippen LogP contribution in [0, 0.1) is 12.7 Å². The number of fused-ring (bicyclic) bond motifs is 2. The lowest BCUT2D eigenvalue weighted by molar-refractivity contribution is -0.182. The number of benzene rings is 1. The van der Waals surface area contributed by atoms with E-state index < -0.39 is 18.1 Å². The van der Waals surface area contributed by atoms with Gasteiger partial charge in [0.1, 0.15) is 23.7 Å². The number of nitrogens with zero attached hydrogens (tertiary/aromatic N) is 4. The zero-order valence-electron chi connectivity index (χ0n) is 21.2. The summed E-state index contributed by atoms with van der Waals surface area (Å²) in [5.41, 5.74) is 2.51. The molecule has 0 N–H and O–H groups in total. The molecular weight excluding hydrogens is 537 g/mol. The molecule has 6 rings (SSSR count). The molecule has 3 aromatic rings. The number of halogens is 4. The normalized spacial score (nSPS) is 21.6. The molecule has 2 fully saturated rings. The summed E-state index contributed by atoms with van der Waals surface area (Å²) in [5.74, 6) is -3.32. The van der Waals surface area contributed by atoms with Crippen molar-refractivity contribution in [2.45, 2.75) is 44.4 Å². The summed E-state index contributed by atoms with van der Waals surface area (Å²) in [4.78, 5) is 5.10. The number of morpholine rings is 1. The third-order valence-corrected chi connectivity index (χ3v) is 9.34. The fraction of sp³-hybridized carbons (Fsp3) is 0.519. The van der Waals surface area contributed by atoms with Crippen molar-refractivity contribution in [2.24, 2.45) is 0 Å². The number of aryl methyl sites for hydroxylation is 1. The van der Waals surface area contributed by atoms with Gasteiger partial charge in [0.15, 0.2) is 0 Å². The summed E-state index contributed by atoms with van der Waals surface area (Å²) >= 11 is 7.34. The molecule has 0 radical (unpaired) electrons. The van der Waals surface area contributed by atoms with E-state index in [1.807, 2.05) is 19.2 Å². The van der Waals surface area contributed by atoms with Crippen LogP contribution >= 0.6 is 22.9 Å². The standard InChI is InChI=1S/C27H30ClF3N4O2S/c1-18-20(16-35(32-18)24-19(3-2-4-22(24)29)14-34-9-11-36-12-10-34)15-33-7-5-26(6-8-33)25-21(13-23(28)38-25)27(30,31)17-37-26/h2-4,13,16H,5-12,14-15,17H2,1H3. The van der Waals surface area contributed by atoms with E-state index in [4.69, 9.17) is 21.1 Å². The number of rotatable bonds is 5. The van der Waals surface area contributed by atoms with Crippen LogP contribution in [0.25, 0.3) is 5.69 Å². The van der Waals surface area contributed by atoms with Crippen molar-refractivity contribution < 1.29 is 22.6 Å². The van der Waals surface area contributed by atoms with E-state index >= 15 is 4.39 Å². The van der Waals surface area contributed by atoms with Crippen LogP contribution < -0.4 is 0 Å². The first kappa shape index (κ1) is 26.3. The van der Waals surface area contributed by atoms with Crippen molar-refractivity contribution in [3.8, 4) is 5.69 Å². The summed E-state index contributed by atoms with van der Waals surface area (Å²) in [7, 11) is 0. The maximum atomic E-state index is 15.1. The number of hydrogen-bond donors (Lipinski definition) is 0. The van der Waals surface area contributed by atoms with Crippen molar-refractivity contribution in [3.05, 3.63) is 67.9 Å². The molecule has 0 aliphatic carbocycles. The van der Waals surface area contributed by atoms with Crippen LogP contribution in [-0.2, 0) is 34.1 Å². The highest BCUT2D eigenvalue weighted by atomic mass is 35.5. The Balaban J connectivity index is 1.18. The number of alkyl halides is 2. The fourth-order valence-corrected chi connectivity index (χ4v) is 7.22. The molecule has 5 heterocycles. The van der Waals surface area contributed by atoms with Gasteiger partial charge in [0.05, 0.1) is 23.2 Å². The van der Waals surface area contributed by atoms with Gasteiger partial charge in [0.25, 0.3) is 5.92 Å². The maximum absolute atomic E-state index is 15.1. The Hall–Kier alpha value is -1.95. The maximum Gasteiger partial charge on any atom is 0.297 e. The van der Waals surface area contributed by atoms with E-state index in [-0.39, 0.29) is 11.4 Å². The smallest absolute Gasteiger partial charge is 0.297 e. The van der Waals surface area contributed by atoms with E-state index in [2.05, 4.69) is 14.9 Å². The van der Waals surface area contributed by atoms with Crippen LogP contribution in [0.15, 0.2) is 30.5 Å². The number of para-hydroxylation sites is 1. The highest BCUT2D eigenvalue weighted by Crippen LogP contribution is 2.52. The van der Waals surface area contributed by atoms with E-state index in [0.29, 0.717) is 67.1 Å². The molecule has 204 valence electrons. The average molecular weight is 567 g/mol. The van der Waals surface area contributed by atoms with Crippen LogP contribution in [0.4, 0.5) is 13.2 Å². The molecule has 0 amide bonds. The summed E-state index contributed by atoms with van der Waals surface area (Å²) in [6.07, 6.45) is 3.13. The summed E-state index contributed by atoms with van der Waals surface area (Å²) in [6.45, 7) is 6.96. The van der Waals surface area contributed by atoms with Gasteiger partial charge in [0, 0.05) is 61.5 Å². The summed E-state index contributed by atoms with van der Waals surface area (Å²) in [5, 5.41) is 4.68. The van der Waals surface area contributed by atoms with E-state index in [9.17, 15) is 8.78 Å². The highest BCUT2D eigenvalue weighted by molar-refractivity contribution is 7.16. The second-order valence-corrected chi connectivity index (χ2v) is 12.1. The number of aromatic nitrogens is 2. The van der Waals surface area contributed by atoms with Gasteiger partial charge in [-0.25, -0.2) is 9.07 Å². The van der Waals surface area contributed by atoms with Gasteiger partial charge in [-0.15, -0.1) is 11.3 Å². The van der Waals surface area contributed by atoms with Crippen molar-refractivity contribution in [3.63, 3.8) is 0 Å². The molecule has 0 bridgehead atoms. The lowest BCUT2D eigenvalue weighted by Gasteiger charge is -2.45. The summed E-state index contributed by atoms with van der Waals surface area (Å²) in [6, 6.07) is 6.56. The van der Waals surface area contributed by atoms with Crippen LogP contribution in [0.3, 0.4) is 0 Å². The second-order valence-electron chi connectivity index (χ2n) is 10.4. The minimum atomic E-state index is -3.01.